The van der Waals surface area contributed by atoms with E-state index < -0.39 is 0 Å². The lowest BCUT2D eigenvalue weighted by molar-refractivity contribution is -0.135. The van der Waals surface area contributed by atoms with Crippen LogP contribution in [-0.4, -0.2) is 43.5 Å². The van der Waals surface area contributed by atoms with E-state index in [4.69, 9.17) is 11.6 Å². The lowest BCUT2D eigenvalue weighted by Gasteiger charge is -2.37. The van der Waals surface area contributed by atoms with Crippen molar-refractivity contribution in [3.05, 3.63) is 34.9 Å². The Bertz CT molecular complexity index is 529. The summed E-state index contributed by atoms with van der Waals surface area (Å²) in [6.07, 6.45) is 4.10. The lowest BCUT2D eigenvalue weighted by atomic mass is 9.95. The number of carbonyl (C=O) groups is 1. The fourth-order valence-electron chi connectivity index (χ4n) is 3.69. The van der Waals surface area contributed by atoms with Gasteiger partial charge in [0.1, 0.15) is 0 Å². The Morgan fingerprint density at radius 1 is 1.17 bits per heavy atom. The highest BCUT2D eigenvalue weighted by Gasteiger charge is 2.30. The third kappa shape index (κ3) is 4.25. The molecule has 1 aromatic rings. The van der Waals surface area contributed by atoms with Crippen LogP contribution in [0.4, 0.5) is 0 Å². The van der Waals surface area contributed by atoms with Gasteiger partial charge in [0.05, 0.1) is 6.04 Å². The summed E-state index contributed by atoms with van der Waals surface area (Å²) in [7, 11) is 0. The van der Waals surface area contributed by atoms with Gasteiger partial charge in [0, 0.05) is 31.1 Å². The zero-order valence-corrected chi connectivity index (χ0v) is 14.3. The molecule has 2 aliphatic heterocycles. The van der Waals surface area contributed by atoms with Gasteiger partial charge < -0.3 is 15.5 Å². The largest absolute Gasteiger partial charge is 0.333 e. The molecule has 0 aliphatic carbocycles. The van der Waals surface area contributed by atoms with Crippen molar-refractivity contribution in [1.82, 2.24) is 15.5 Å². The van der Waals surface area contributed by atoms with Crippen molar-refractivity contribution in [2.24, 2.45) is 5.92 Å². The molecule has 2 unspecified atom stereocenters. The van der Waals surface area contributed by atoms with Crippen LogP contribution >= 0.6 is 11.6 Å². The molecule has 0 spiro atoms. The Morgan fingerprint density at radius 2 is 2.04 bits per heavy atom. The molecule has 4 nitrogen and oxygen atoms in total. The lowest BCUT2D eigenvalue weighted by Crippen LogP contribution is -2.49. The van der Waals surface area contributed by atoms with Crippen LogP contribution in [0.15, 0.2) is 24.3 Å². The summed E-state index contributed by atoms with van der Waals surface area (Å²) in [6, 6.07) is 7.93. The van der Waals surface area contributed by atoms with Crippen LogP contribution < -0.4 is 10.6 Å². The van der Waals surface area contributed by atoms with Gasteiger partial charge in [0.15, 0.2) is 0 Å². The van der Waals surface area contributed by atoms with Gasteiger partial charge in [-0.05, 0) is 49.9 Å². The number of hydrogen-bond acceptors (Lipinski definition) is 3. The van der Waals surface area contributed by atoms with E-state index in [0.29, 0.717) is 12.3 Å². The van der Waals surface area contributed by atoms with Crippen molar-refractivity contribution in [1.29, 1.82) is 0 Å². The number of halogens is 1. The summed E-state index contributed by atoms with van der Waals surface area (Å²) in [5, 5.41) is 7.56. The average molecular weight is 336 g/mol. The van der Waals surface area contributed by atoms with Gasteiger partial charge in [-0.3, -0.25) is 4.79 Å². The second-order valence-corrected chi connectivity index (χ2v) is 6.99. The zero-order chi connectivity index (χ0) is 16.1. The third-order valence-electron chi connectivity index (χ3n) is 4.99. The second kappa shape index (κ2) is 8.13. The molecular formula is C18H26ClN3O. The van der Waals surface area contributed by atoms with E-state index in [-0.39, 0.29) is 11.9 Å². The van der Waals surface area contributed by atoms with E-state index >= 15 is 0 Å². The molecule has 0 aromatic heterocycles. The van der Waals surface area contributed by atoms with Crippen LogP contribution in [0, 0.1) is 5.92 Å². The van der Waals surface area contributed by atoms with Crippen LogP contribution in [0.2, 0.25) is 5.02 Å². The predicted octanol–water partition coefficient (Wildman–Crippen LogP) is 2.59. The highest BCUT2D eigenvalue weighted by molar-refractivity contribution is 6.31. The van der Waals surface area contributed by atoms with E-state index in [1.807, 2.05) is 29.2 Å². The summed E-state index contributed by atoms with van der Waals surface area (Å²) < 4.78 is 0. The molecular weight excluding hydrogens is 310 g/mol. The predicted molar refractivity (Wildman–Crippen MR) is 93.6 cm³/mol. The summed E-state index contributed by atoms with van der Waals surface area (Å²) in [5.74, 6) is 0.794. The highest BCUT2D eigenvalue weighted by Crippen LogP contribution is 2.30. The maximum absolute atomic E-state index is 12.9. The average Bonchev–Trinajstić information content (AvgIpc) is 2.84. The van der Waals surface area contributed by atoms with E-state index in [0.717, 1.165) is 56.2 Å². The Balaban J connectivity index is 1.70. The molecule has 2 saturated heterocycles. The van der Waals surface area contributed by atoms with E-state index in [1.165, 1.54) is 6.42 Å². The van der Waals surface area contributed by atoms with Gasteiger partial charge in [-0.1, -0.05) is 29.8 Å². The van der Waals surface area contributed by atoms with E-state index in [1.54, 1.807) is 0 Å². The Morgan fingerprint density at radius 3 is 2.91 bits per heavy atom. The summed E-state index contributed by atoms with van der Waals surface area (Å²) in [6.45, 7) is 4.52. The fraction of sp³-hybridized carbons (Fsp3) is 0.611. The van der Waals surface area contributed by atoms with Gasteiger partial charge in [-0.2, -0.15) is 0 Å². The molecule has 5 heteroatoms. The molecule has 1 aromatic carbocycles. The smallest absolute Gasteiger partial charge is 0.223 e. The van der Waals surface area contributed by atoms with Gasteiger partial charge >= 0.3 is 0 Å². The van der Waals surface area contributed by atoms with Crippen molar-refractivity contribution in [2.75, 3.05) is 32.7 Å². The van der Waals surface area contributed by atoms with Crippen molar-refractivity contribution in [3.8, 4) is 0 Å². The van der Waals surface area contributed by atoms with E-state index in [2.05, 4.69) is 10.6 Å². The standard InChI is InChI=1S/C18H26ClN3O/c19-16-6-2-1-5-15(16)17-13-21-10-11-22(17)18(23)12-14-4-3-8-20-9-7-14/h1-2,5-6,14,17,20-21H,3-4,7-13H2. The SMILES string of the molecule is O=C(CC1CCCNCC1)N1CCNCC1c1ccccc1Cl. The van der Waals surface area contributed by atoms with Crippen LogP contribution in [0.25, 0.3) is 0 Å². The molecule has 0 radical (unpaired) electrons. The number of carbonyl (C=O) groups excluding carboxylic acids is 1. The monoisotopic (exact) mass is 335 g/mol. The minimum atomic E-state index is 0.0499. The fourth-order valence-corrected chi connectivity index (χ4v) is 3.95. The molecule has 126 valence electrons. The maximum atomic E-state index is 12.9. The summed E-state index contributed by atoms with van der Waals surface area (Å²) >= 11 is 6.37. The van der Waals surface area contributed by atoms with Gasteiger partial charge in [0.25, 0.3) is 0 Å². The minimum absolute atomic E-state index is 0.0499. The summed E-state index contributed by atoms with van der Waals surface area (Å²) in [5.41, 5.74) is 1.05. The van der Waals surface area contributed by atoms with Gasteiger partial charge in [0.2, 0.25) is 5.91 Å². The number of hydrogen-bond donors (Lipinski definition) is 2. The number of nitrogens with zero attached hydrogens (tertiary/aromatic N) is 1. The second-order valence-electron chi connectivity index (χ2n) is 6.58. The molecule has 0 saturated carbocycles. The van der Waals surface area contributed by atoms with Crippen molar-refractivity contribution >= 4 is 17.5 Å². The Hall–Kier alpha value is -1.10. The highest BCUT2D eigenvalue weighted by atomic mass is 35.5. The third-order valence-corrected chi connectivity index (χ3v) is 5.33. The normalized spacial score (nSPS) is 25.9. The molecule has 2 atom stereocenters. The number of amides is 1. The van der Waals surface area contributed by atoms with Crippen LogP contribution in [0.3, 0.4) is 0 Å². The van der Waals surface area contributed by atoms with Crippen LogP contribution in [0.1, 0.15) is 37.3 Å². The van der Waals surface area contributed by atoms with Crippen LogP contribution in [0.5, 0.6) is 0 Å². The molecule has 2 fully saturated rings. The maximum Gasteiger partial charge on any atom is 0.223 e. The molecule has 2 heterocycles. The summed E-state index contributed by atoms with van der Waals surface area (Å²) in [4.78, 5) is 14.9. The topological polar surface area (TPSA) is 44.4 Å². The van der Waals surface area contributed by atoms with Crippen molar-refractivity contribution in [2.45, 2.75) is 31.7 Å². The Labute approximate surface area is 143 Å². The minimum Gasteiger partial charge on any atom is -0.333 e. The van der Waals surface area contributed by atoms with Crippen LogP contribution in [-0.2, 0) is 4.79 Å². The first-order valence-corrected chi connectivity index (χ1v) is 9.09. The number of nitrogens with one attached hydrogen (secondary N) is 2. The first-order valence-electron chi connectivity index (χ1n) is 8.71. The van der Waals surface area contributed by atoms with Gasteiger partial charge in [-0.25, -0.2) is 0 Å². The van der Waals surface area contributed by atoms with Gasteiger partial charge in [-0.15, -0.1) is 0 Å². The molecule has 23 heavy (non-hydrogen) atoms. The van der Waals surface area contributed by atoms with Crippen molar-refractivity contribution in [3.63, 3.8) is 0 Å². The zero-order valence-electron chi connectivity index (χ0n) is 13.6. The molecule has 3 rings (SSSR count). The van der Waals surface area contributed by atoms with E-state index in [9.17, 15) is 4.79 Å². The quantitative estimate of drug-likeness (QED) is 0.892. The molecule has 2 aliphatic rings. The van der Waals surface area contributed by atoms with Crippen molar-refractivity contribution < 1.29 is 4.79 Å². The number of rotatable bonds is 3. The molecule has 2 N–H and O–H groups in total. The first kappa shape index (κ1) is 16.7. The molecule has 0 bridgehead atoms. The molecule has 1 amide bonds. The number of piperazine rings is 1. The Kier molecular flexibility index (Phi) is 5.92. The number of benzene rings is 1. The first-order chi connectivity index (χ1) is 11.3.